The SMILES string of the molecule is Cc1ccc(F)cc1C(NN)C(C)C. The number of hydrogen-bond donors (Lipinski definition) is 2. The minimum atomic E-state index is -0.216. The summed E-state index contributed by atoms with van der Waals surface area (Å²) in [6.07, 6.45) is 0. The van der Waals surface area contributed by atoms with Crippen molar-refractivity contribution in [1.82, 2.24) is 5.43 Å². The Hall–Kier alpha value is -0.930. The maximum absolute atomic E-state index is 13.0. The van der Waals surface area contributed by atoms with Crippen molar-refractivity contribution in [3.8, 4) is 0 Å². The van der Waals surface area contributed by atoms with Gasteiger partial charge in [0, 0.05) is 6.04 Å². The molecule has 0 saturated heterocycles. The number of hydrogen-bond acceptors (Lipinski definition) is 2. The zero-order chi connectivity index (χ0) is 10.7. The lowest BCUT2D eigenvalue weighted by atomic mass is 9.93. The fraction of sp³-hybridized carbons (Fsp3) is 0.455. The number of aryl methyl sites for hydroxylation is 1. The molecule has 1 aromatic rings. The van der Waals surface area contributed by atoms with Crippen molar-refractivity contribution in [2.75, 3.05) is 0 Å². The Morgan fingerprint density at radius 1 is 1.36 bits per heavy atom. The van der Waals surface area contributed by atoms with E-state index >= 15 is 0 Å². The maximum atomic E-state index is 13.0. The fourth-order valence-electron chi connectivity index (χ4n) is 1.59. The van der Waals surface area contributed by atoms with Crippen LogP contribution in [0.25, 0.3) is 0 Å². The van der Waals surface area contributed by atoms with Gasteiger partial charge in [-0.15, -0.1) is 0 Å². The van der Waals surface area contributed by atoms with Gasteiger partial charge in [-0.25, -0.2) is 4.39 Å². The first kappa shape index (κ1) is 11.1. The lowest BCUT2D eigenvalue weighted by Gasteiger charge is -2.22. The predicted octanol–water partition coefficient (Wildman–Crippen LogP) is 2.29. The molecule has 0 saturated carbocycles. The molecular weight excluding hydrogens is 179 g/mol. The van der Waals surface area contributed by atoms with Crippen LogP contribution in [0, 0.1) is 18.7 Å². The Kier molecular flexibility index (Phi) is 3.61. The van der Waals surface area contributed by atoms with E-state index in [2.05, 4.69) is 19.3 Å². The molecule has 3 heteroatoms. The molecule has 1 atom stereocenters. The molecule has 14 heavy (non-hydrogen) atoms. The molecule has 0 radical (unpaired) electrons. The lowest BCUT2D eigenvalue weighted by molar-refractivity contribution is 0.417. The second-order valence-electron chi connectivity index (χ2n) is 3.89. The van der Waals surface area contributed by atoms with Crippen LogP contribution in [0.3, 0.4) is 0 Å². The molecule has 2 nitrogen and oxygen atoms in total. The Morgan fingerprint density at radius 3 is 2.50 bits per heavy atom. The highest BCUT2D eigenvalue weighted by Crippen LogP contribution is 2.24. The number of nitrogens with one attached hydrogen (secondary N) is 1. The molecule has 0 heterocycles. The van der Waals surface area contributed by atoms with Gasteiger partial charge >= 0.3 is 0 Å². The molecule has 1 aromatic carbocycles. The number of halogens is 1. The van der Waals surface area contributed by atoms with E-state index in [1.54, 1.807) is 12.1 Å². The van der Waals surface area contributed by atoms with Crippen LogP contribution in [0.5, 0.6) is 0 Å². The highest BCUT2D eigenvalue weighted by atomic mass is 19.1. The second-order valence-corrected chi connectivity index (χ2v) is 3.89. The topological polar surface area (TPSA) is 38.0 Å². The van der Waals surface area contributed by atoms with Gasteiger partial charge in [-0.2, -0.15) is 0 Å². The maximum Gasteiger partial charge on any atom is 0.123 e. The van der Waals surface area contributed by atoms with Gasteiger partial charge in [0.1, 0.15) is 5.82 Å². The van der Waals surface area contributed by atoms with Gasteiger partial charge < -0.3 is 0 Å². The van der Waals surface area contributed by atoms with Crippen molar-refractivity contribution in [3.63, 3.8) is 0 Å². The third-order valence-corrected chi connectivity index (χ3v) is 2.42. The number of benzene rings is 1. The summed E-state index contributed by atoms with van der Waals surface area (Å²) >= 11 is 0. The van der Waals surface area contributed by atoms with E-state index in [9.17, 15) is 4.39 Å². The number of hydrazine groups is 1. The molecule has 1 unspecified atom stereocenters. The first-order chi connectivity index (χ1) is 6.56. The lowest BCUT2D eigenvalue weighted by Crippen LogP contribution is -2.32. The monoisotopic (exact) mass is 196 g/mol. The van der Waals surface area contributed by atoms with E-state index in [0.29, 0.717) is 5.92 Å². The number of rotatable bonds is 3. The van der Waals surface area contributed by atoms with Crippen LogP contribution in [0.2, 0.25) is 0 Å². The molecule has 1 rings (SSSR count). The molecule has 3 N–H and O–H groups in total. The second kappa shape index (κ2) is 4.53. The molecule has 78 valence electrons. The quantitative estimate of drug-likeness (QED) is 0.575. The van der Waals surface area contributed by atoms with Gasteiger partial charge in [-0.1, -0.05) is 19.9 Å². The van der Waals surface area contributed by atoms with Gasteiger partial charge in [0.15, 0.2) is 0 Å². The molecule has 0 aliphatic heterocycles. The van der Waals surface area contributed by atoms with Gasteiger partial charge in [0.25, 0.3) is 0 Å². The van der Waals surface area contributed by atoms with Crippen LogP contribution < -0.4 is 11.3 Å². The van der Waals surface area contributed by atoms with Crippen molar-refractivity contribution < 1.29 is 4.39 Å². The predicted molar refractivity (Wildman–Crippen MR) is 56.0 cm³/mol. The zero-order valence-electron chi connectivity index (χ0n) is 8.84. The van der Waals surface area contributed by atoms with Crippen LogP contribution in [-0.2, 0) is 0 Å². The summed E-state index contributed by atoms with van der Waals surface area (Å²) in [6, 6.07) is 4.79. The third kappa shape index (κ3) is 2.30. The first-order valence-corrected chi connectivity index (χ1v) is 4.78. The number of nitrogens with two attached hydrogens (primary N) is 1. The van der Waals surface area contributed by atoms with Gasteiger partial charge in [-0.3, -0.25) is 11.3 Å². The Balaban J connectivity index is 3.08. The summed E-state index contributed by atoms with van der Waals surface area (Å²) in [5.74, 6) is 5.57. The van der Waals surface area contributed by atoms with Crippen molar-refractivity contribution >= 4 is 0 Å². The molecule has 0 aliphatic carbocycles. The van der Waals surface area contributed by atoms with E-state index < -0.39 is 0 Å². The van der Waals surface area contributed by atoms with Crippen LogP contribution in [0.4, 0.5) is 4.39 Å². The Morgan fingerprint density at radius 2 is 2.00 bits per heavy atom. The fourth-order valence-corrected chi connectivity index (χ4v) is 1.59. The summed E-state index contributed by atoms with van der Waals surface area (Å²) in [7, 11) is 0. The third-order valence-electron chi connectivity index (χ3n) is 2.42. The molecule has 0 fully saturated rings. The van der Waals surface area contributed by atoms with E-state index in [-0.39, 0.29) is 11.9 Å². The average Bonchev–Trinajstić information content (AvgIpc) is 2.11. The van der Waals surface area contributed by atoms with Crippen molar-refractivity contribution in [1.29, 1.82) is 0 Å². The zero-order valence-corrected chi connectivity index (χ0v) is 8.84. The van der Waals surface area contributed by atoms with Crippen LogP contribution in [-0.4, -0.2) is 0 Å². The van der Waals surface area contributed by atoms with Crippen molar-refractivity contribution in [3.05, 3.63) is 35.1 Å². The van der Waals surface area contributed by atoms with E-state index in [0.717, 1.165) is 11.1 Å². The summed E-state index contributed by atoms with van der Waals surface area (Å²) in [4.78, 5) is 0. The summed E-state index contributed by atoms with van der Waals surface area (Å²) in [5, 5.41) is 0. The molecule has 0 spiro atoms. The standard InChI is InChI=1S/C11H17FN2/c1-7(2)11(14-13)10-6-9(12)5-4-8(10)3/h4-7,11,14H,13H2,1-3H3. The Labute approximate surface area is 84.3 Å². The molecular formula is C11H17FN2. The van der Waals surface area contributed by atoms with Crippen LogP contribution in [0.15, 0.2) is 18.2 Å². The molecule has 0 aromatic heterocycles. The van der Waals surface area contributed by atoms with Crippen molar-refractivity contribution in [2.24, 2.45) is 11.8 Å². The Bertz CT molecular complexity index is 310. The minimum Gasteiger partial charge on any atom is -0.271 e. The van der Waals surface area contributed by atoms with E-state index in [1.807, 2.05) is 6.92 Å². The molecule has 0 amide bonds. The van der Waals surface area contributed by atoms with Gasteiger partial charge in [-0.05, 0) is 36.1 Å². The van der Waals surface area contributed by atoms with Crippen LogP contribution in [0.1, 0.15) is 31.0 Å². The normalized spacial score (nSPS) is 13.3. The summed E-state index contributed by atoms with van der Waals surface area (Å²) in [5.41, 5.74) is 4.71. The average molecular weight is 196 g/mol. The van der Waals surface area contributed by atoms with Gasteiger partial charge in [0.05, 0.1) is 0 Å². The van der Waals surface area contributed by atoms with Crippen molar-refractivity contribution in [2.45, 2.75) is 26.8 Å². The summed E-state index contributed by atoms with van der Waals surface area (Å²) < 4.78 is 13.0. The highest BCUT2D eigenvalue weighted by molar-refractivity contribution is 5.29. The largest absolute Gasteiger partial charge is 0.271 e. The highest BCUT2D eigenvalue weighted by Gasteiger charge is 2.16. The van der Waals surface area contributed by atoms with E-state index in [1.165, 1.54) is 6.07 Å². The summed E-state index contributed by atoms with van der Waals surface area (Å²) in [6.45, 7) is 6.06. The van der Waals surface area contributed by atoms with Crippen LogP contribution >= 0.6 is 0 Å². The van der Waals surface area contributed by atoms with E-state index in [4.69, 9.17) is 5.84 Å². The minimum absolute atomic E-state index is 0.00528. The molecule has 0 aliphatic rings. The first-order valence-electron chi connectivity index (χ1n) is 4.78. The molecule has 0 bridgehead atoms. The van der Waals surface area contributed by atoms with Gasteiger partial charge in [0.2, 0.25) is 0 Å². The smallest absolute Gasteiger partial charge is 0.123 e.